The van der Waals surface area contributed by atoms with Crippen molar-refractivity contribution in [2.75, 3.05) is 13.1 Å². The first-order valence-corrected chi connectivity index (χ1v) is 7.77. The molecule has 2 fully saturated rings. The van der Waals surface area contributed by atoms with E-state index in [9.17, 15) is 13.2 Å². The Morgan fingerprint density at radius 1 is 1.40 bits per heavy atom. The molecule has 2 unspecified atom stereocenters. The van der Waals surface area contributed by atoms with Crippen LogP contribution >= 0.6 is 0 Å². The number of morpholine rings is 1. The number of aromatic carboxylic acids is 1. The van der Waals surface area contributed by atoms with Gasteiger partial charge in [-0.15, -0.1) is 0 Å². The van der Waals surface area contributed by atoms with Gasteiger partial charge in [-0.25, -0.2) is 13.2 Å². The highest BCUT2D eigenvalue weighted by molar-refractivity contribution is 7.89. The predicted molar refractivity (Wildman–Crippen MR) is 66.9 cm³/mol. The van der Waals surface area contributed by atoms with E-state index in [0.29, 0.717) is 0 Å². The highest BCUT2D eigenvalue weighted by atomic mass is 32.2. The number of hydrogen-bond donors (Lipinski definition) is 2. The van der Waals surface area contributed by atoms with E-state index in [2.05, 4.69) is 10.2 Å². The zero-order chi connectivity index (χ0) is 14.5. The molecular formula is C11H15N3O5S. The van der Waals surface area contributed by atoms with E-state index in [1.165, 1.54) is 11.2 Å². The summed E-state index contributed by atoms with van der Waals surface area (Å²) in [5.74, 6) is -1.30. The molecule has 8 nitrogen and oxygen atoms in total. The van der Waals surface area contributed by atoms with Crippen LogP contribution in [-0.2, 0) is 14.8 Å². The van der Waals surface area contributed by atoms with Gasteiger partial charge in [0.15, 0.2) is 0 Å². The molecule has 20 heavy (non-hydrogen) atoms. The molecule has 2 saturated heterocycles. The number of aromatic amines is 1. The van der Waals surface area contributed by atoms with E-state index < -0.39 is 21.0 Å². The zero-order valence-corrected chi connectivity index (χ0v) is 11.7. The monoisotopic (exact) mass is 301 g/mol. The number of nitrogens with one attached hydrogen (secondary N) is 1. The molecule has 0 aromatic carbocycles. The minimum absolute atomic E-state index is 0.100. The molecule has 2 bridgehead atoms. The number of fused-ring (bicyclic) bond motifs is 2. The Morgan fingerprint density at radius 3 is 2.55 bits per heavy atom. The van der Waals surface area contributed by atoms with Crippen molar-refractivity contribution in [3.8, 4) is 0 Å². The second kappa shape index (κ2) is 4.54. The molecule has 0 amide bonds. The van der Waals surface area contributed by atoms with Gasteiger partial charge in [-0.05, 0) is 19.8 Å². The lowest BCUT2D eigenvalue weighted by Gasteiger charge is -2.30. The van der Waals surface area contributed by atoms with Crippen LogP contribution in [0.1, 0.15) is 28.9 Å². The highest BCUT2D eigenvalue weighted by Crippen LogP contribution is 2.30. The number of sulfonamides is 1. The SMILES string of the molecule is Cc1[nH]nc(S(=O)(=O)N2CC3CCC(C2)O3)c1C(=O)O. The molecule has 0 radical (unpaired) electrons. The third-order valence-electron chi connectivity index (χ3n) is 3.72. The van der Waals surface area contributed by atoms with E-state index in [1.54, 1.807) is 0 Å². The lowest BCUT2D eigenvalue weighted by Crippen LogP contribution is -2.46. The van der Waals surface area contributed by atoms with Crippen molar-refractivity contribution in [1.82, 2.24) is 14.5 Å². The summed E-state index contributed by atoms with van der Waals surface area (Å²) in [7, 11) is -3.91. The van der Waals surface area contributed by atoms with E-state index in [1.807, 2.05) is 0 Å². The highest BCUT2D eigenvalue weighted by Gasteiger charge is 2.41. The summed E-state index contributed by atoms with van der Waals surface area (Å²) in [6.07, 6.45) is 1.47. The summed E-state index contributed by atoms with van der Waals surface area (Å²) < 4.78 is 32.0. The van der Waals surface area contributed by atoms with Gasteiger partial charge in [-0.3, -0.25) is 5.10 Å². The second-order valence-electron chi connectivity index (χ2n) is 5.11. The number of rotatable bonds is 3. The van der Waals surface area contributed by atoms with E-state index in [0.717, 1.165) is 12.8 Å². The van der Waals surface area contributed by atoms with Gasteiger partial charge in [-0.1, -0.05) is 0 Å². The van der Waals surface area contributed by atoms with Crippen LogP contribution in [0.25, 0.3) is 0 Å². The number of aryl methyl sites for hydroxylation is 1. The van der Waals surface area contributed by atoms with Gasteiger partial charge in [0.25, 0.3) is 10.0 Å². The summed E-state index contributed by atoms with van der Waals surface area (Å²) in [4.78, 5) is 11.2. The van der Waals surface area contributed by atoms with E-state index >= 15 is 0 Å². The summed E-state index contributed by atoms with van der Waals surface area (Å²) in [5.41, 5.74) is -0.0591. The van der Waals surface area contributed by atoms with Gasteiger partial charge in [0.2, 0.25) is 5.03 Å². The van der Waals surface area contributed by atoms with Crippen molar-refractivity contribution in [2.24, 2.45) is 0 Å². The molecule has 3 heterocycles. The van der Waals surface area contributed by atoms with Gasteiger partial charge >= 0.3 is 5.97 Å². The summed E-state index contributed by atoms with van der Waals surface area (Å²) >= 11 is 0. The fourth-order valence-corrected chi connectivity index (χ4v) is 4.37. The molecule has 1 aromatic heterocycles. The normalized spacial score (nSPS) is 26.9. The molecule has 2 aliphatic rings. The van der Waals surface area contributed by atoms with E-state index in [4.69, 9.17) is 9.84 Å². The third-order valence-corrected chi connectivity index (χ3v) is 5.48. The minimum atomic E-state index is -3.91. The van der Waals surface area contributed by atoms with Crippen LogP contribution in [-0.4, -0.2) is 59.3 Å². The molecule has 2 N–H and O–H groups in total. The molecule has 2 atom stereocenters. The van der Waals surface area contributed by atoms with Gasteiger partial charge in [0.1, 0.15) is 5.56 Å². The Kier molecular flexibility index (Phi) is 3.07. The molecule has 110 valence electrons. The molecular weight excluding hydrogens is 286 g/mol. The van der Waals surface area contributed by atoms with Crippen molar-refractivity contribution in [3.63, 3.8) is 0 Å². The Morgan fingerprint density at radius 2 is 2.00 bits per heavy atom. The number of aromatic nitrogens is 2. The fraction of sp³-hybridized carbons (Fsp3) is 0.636. The standard InChI is InChI=1S/C11H15N3O5S/c1-6-9(11(15)16)10(13-12-6)20(17,18)14-4-7-2-3-8(5-14)19-7/h7-8H,2-5H2,1H3,(H,12,13)(H,15,16). The Balaban J connectivity index is 1.98. The Hall–Kier alpha value is -1.45. The van der Waals surface area contributed by atoms with Crippen LogP contribution in [0, 0.1) is 6.92 Å². The number of ether oxygens (including phenoxy) is 1. The smallest absolute Gasteiger partial charge is 0.340 e. The molecule has 2 aliphatic heterocycles. The Bertz CT molecular complexity index is 641. The van der Waals surface area contributed by atoms with Gasteiger partial charge in [0, 0.05) is 18.8 Å². The van der Waals surface area contributed by atoms with Crippen molar-refractivity contribution in [2.45, 2.75) is 37.0 Å². The summed E-state index contributed by atoms with van der Waals surface area (Å²) in [6, 6.07) is 0. The number of hydrogen-bond acceptors (Lipinski definition) is 5. The molecule has 0 saturated carbocycles. The van der Waals surface area contributed by atoms with Crippen LogP contribution in [0.3, 0.4) is 0 Å². The maximum absolute atomic E-state index is 12.6. The number of carboxylic acids is 1. The lowest BCUT2D eigenvalue weighted by molar-refractivity contribution is -0.0115. The molecule has 1 aromatic rings. The largest absolute Gasteiger partial charge is 0.478 e. The quantitative estimate of drug-likeness (QED) is 0.810. The van der Waals surface area contributed by atoms with Crippen LogP contribution in [0.2, 0.25) is 0 Å². The van der Waals surface area contributed by atoms with Crippen molar-refractivity contribution in [1.29, 1.82) is 0 Å². The number of carboxylic acid groups (broad SMARTS) is 1. The van der Waals surface area contributed by atoms with Crippen molar-refractivity contribution >= 4 is 16.0 Å². The number of nitrogens with zero attached hydrogens (tertiary/aromatic N) is 2. The number of carbonyl (C=O) groups is 1. The summed E-state index contributed by atoms with van der Waals surface area (Å²) in [5, 5.41) is 14.8. The second-order valence-corrected chi connectivity index (χ2v) is 6.97. The van der Waals surface area contributed by atoms with E-state index in [-0.39, 0.29) is 36.6 Å². The molecule has 9 heteroatoms. The fourth-order valence-electron chi connectivity index (χ4n) is 2.74. The first-order chi connectivity index (χ1) is 9.39. The maximum Gasteiger partial charge on any atom is 0.340 e. The minimum Gasteiger partial charge on any atom is -0.478 e. The molecule has 3 rings (SSSR count). The van der Waals surface area contributed by atoms with Crippen LogP contribution in [0.4, 0.5) is 0 Å². The first kappa shape index (κ1) is 13.5. The van der Waals surface area contributed by atoms with Crippen LogP contribution in [0.15, 0.2) is 5.03 Å². The predicted octanol–water partition coefficient (Wildman–Crippen LogP) is -0.0318. The average Bonchev–Trinajstić information content (AvgIpc) is 2.92. The average molecular weight is 301 g/mol. The topological polar surface area (TPSA) is 113 Å². The van der Waals surface area contributed by atoms with Gasteiger partial charge in [0.05, 0.1) is 12.2 Å². The Labute approximate surface area is 115 Å². The maximum atomic E-state index is 12.6. The summed E-state index contributed by atoms with van der Waals surface area (Å²) in [6.45, 7) is 1.99. The van der Waals surface area contributed by atoms with Crippen LogP contribution < -0.4 is 0 Å². The van der Waals surface area contributed by atoms with Gasteiger partial charge in [-0.2, -0.15) is 9.40 Å². The lowest BCUT2D eigenvalue weighted by atomic mass is 10.2. The first-order valence-electron chi connectivity index (χ1n) is 6.33. The van der Waals surface area contributed by atoms with Crippen molar-refractivity contribution < 1.29 is 23.1 Å². The van der Waals surface area contributed by atoms with Crippen LogP contribution in [0.5, 0.6) is 0 Å². The zero-order valence-electron chi connectivity index (χ0n) is 10.9. The third kappa shape index (κ3) is 2.02. The molecule has 0 aliphatic carbocycles. The van der Waals surface area contributed by atoms with Crippen molar-refractivity contribution in [3.05, 3.63) is 11.3 Å². The number of H-pyrrole nitrogens is 1. The molecule has 0 spiro atoms. The van der Waals surface area contributed by atoms with Gasteiger partial charge < -0.3 is 9.84 Å².